The van der Waals surface area contributed by atoms with Crippen molar-refractivity contribution >= 4 is 17.5 Å². The van der Waals surface area contributed by atoms with Crippen molar-refractivity contribution in [2.24, 2.45) is 4.99 Å². The fourth-order valence-electron chi connectivity index (χ4n) is 4.12. The summed E-state index contributed by atoms with van der Waals surface area (Å²) in [6, 6.07) is 0.428. The molecule has 0 radical (unpaired) electrons. The van der Waals surface area contributed by atoms with Crippen LogP contribution < -0.4 is 5.32 Å². The Bertz CT molecular complexity index is 571. The molecule has 1 fully saturated rings. The van der Waals surface area contributed by atoms with Crippen molar-refractivity contribution < 1.29 is 9.59 Å². The van der Waals surface area contributed by atoms with Crippen molar-refractivity contribution in [3.63, 3.8) is 0 Å². The number of rotatable bonds is 2. The Morgan fingerprint density at radius 1 is 1.08 bits per heavy atom. The quantitative estimate of drug-likeness (QED) is 0.845. The fourth-order valence-corrected chi connectivity index (χ4v) is 4.12. The molecule has 1 N–H and O–H groups in total. The van der Waals surface area contributed by atoms with Crippen LogP contribution in [0.3, 0.4) is 0 Å². The van der Waals surface area contributed by atoms with Crippen molar-refractivity contribution in [3.8, 4) is 0 Å². The molecule has 2 heterocycles. The van der Waals surface area contributed by atoms with E-state index in [2.05, 4.69) is 12.2 Å². The van der Waals surface area contributed by atoms with E-state index in [1.807, 2.05) is 4.90 Å². The first-order valence-corrected chi connectivity index (χ1v) is 9.40. The van der Waals surface area contributed by atoms with Crippen LogP contribution >= 0.6 is 0 Å². The number of hydrogen-bond donors (Lipinski definition) is 1. The average molecular weight is 331 g/mol. The molecule has 0 aromatic carbocycles. The zero-order valence-electron chi connectivity index (χ0n) is 14.9. The van der Waals surface area contributed by atoms with Gasteiger partial charge in [-0.25, -0.2) is 0 Å². The van der Waals surface area contributed by atoms with E-state index >= 15 is 0 Å². The summed E-state index contributed by atoms with van der Waals surface area (Å²) < 4.78 is 0. The number of piperidine rings is 1. The molecule has 2 aliphatic heterocycles. The van der Waals surface area contributed by atoms with Crippen LogP contribution in [0.25, 0.3) is 0 Å². The van der Waals surface area contributed by atoms with Gasteiger partial charge in [-0.3, -0.25) is 14.6 Å². The maximum atomic E-state index is 13.1. The molecule has 0 spiro atoms. The molecular weight excluding hydrogens is 302 g/mol. The predicted octanol–water partition coefficient (Wildman–Crippen LogP) is 2.61. The monoisotopic (exact) mass is 331 g/mol. The second-order valence-electron chi connectivity index (χ2n) is 7.42. The highest BCUT2D eigenvalue weighted by Gasteiger charge is 2.31. The van der Waals surface area contributed by atoms with E-state index in [1.165, 1.54) is 24.0 Å². The smallest absolute Gasteiger partial charge is 0.272 e. The molecule has 0 aromatic heterocycles. The summed E-state index contributed by atoms with van der Waals surface area (Å²) in [7, 11) is 0. The van der Waals surface area contributed by atoms with Crippen molar-refractivity contribution in [3.05, 3.63) is 11.1 Å². The van der Waals surface area contributed by atoms with E-state index in [4.69, 9.17) is 4.99 Å². The predicted molar refractivity (Wildman–Crippen MR) is 95.0 cm³/mol. The number of nitrogens with zero attached hydrogens (tertiary/aromatic N) is 2. The zero-order valence-corrected chi connectivity index (χ0v) is 14.9. The molecule has 1 aliphatic carbocycles. The van der Waals surface area contributed by atoms with Gasteiger partial charge in [-0.1, -0.05) is 5.57 Å². The summed E-state index contributed by atoms with van der Waals surface area (Å²) in [5.41, 5.74) is 3.47. The Kier molecular flexibility index (Phi) is 5.36. The third-order valence-corrected chi connectivity index (χ3v) is 5.47. The topological polar surface area (TPSA) is 61.8 Å². The summed E-state index contributed by atoms with van der Waals surface area (Å²) in [4.78, 5) is 31.0. The Morgan fingerprint density at radius 2 is 1.79 bits per heavy atom. The lowest BCUT2D eigenvalue weighted by molar-refractivity contribution is -0.125. The zero-order chi connectivity index (χ0) is 17.1. The molecule has 0 saturated carbocycles. The first-order valence-electron chi connectivity index (χ1n) is 9.40. The number of carbonyl (C=O) groups excluding carboxylic acids is 2. The summed E-state index contributed by atoms with van der Waals surface area (Å²) in [6.07, 6.45) is 8.39. The number of allylic oxidation sites excluding steroid dienone is 1. The molecule has 2 amide bonds. The number of amides is 2. The van der Waals surface area contributed by atoms with Gasteiger partial charge >= 0.3 is 0 Å². The Hall–Kier alpha value is -1.65. The molecule has 0 bridgehead atoms. The van der Waals surface area contributed by atoms with Crippen molar-refractivity contribution in [2.75, 3.05) is 13.1 Å². The molecule has 24 heavy (non-hydrogen) atoms. The first kappa shape index (κ1) is 17.2. The van der Waals surface area contributed by atoms with Gasteiger partial charge < -0.3 is 10.2 Å². The standard InChI is InChI=1S/C19H29N3O2/c1-13-7-8-15-5-3-4-6-17(15)18(20-13)19(24)22-11-9-16(10-12-22)21-14(2)23/h13,16H,3-12H2,1-2H3,(H,21,23). The van der Waals surface area contributed by atoms with Gasteiger partial charge in [-0.2, -0.15) is 0 Å². The highest BCUT2D eigenvalue weighted by molar-refractivity contribution is 6.45. The molecule has 5 nitrogen and oxygen atoms in total. The Morgan fingerprint density at radius 3 is 2.50 bits per heavy atom. The Balaban J connectivity index is 1.72. The summed E-state index contributed by atoms with van der Waals surface area (Å²) in [6.45, 7) is 5.09. The maximum absolute atomic E-state index is 13.1. The normalized spacial score (nSPS) is 25.7. The van der Waals surface area contributed by atoms with E-state index in [0.717, 1.165) is 44.2 Å². The highest BCUT2D eigenvalue weighted by atomic mass is 16.2. The highest BCUT2D eigenvalue weighted by Crippen LogP contribution is 2.32. The van der Waals surface area contributed by atoms with Crippen molar-refractivity contribution in [1.29, 1.82) is 0 Å². The average Bonchev–Trinajstić information content (AvgIpc) is 2.74. The van der Waals surface area contributed by atoms with Gasteiger partial charge in [0.1, 0.15) is 5.71 Å². The minimum absolute atomic E-state index is 0.0127. The summed E-state index contributed by atoms with van der Waals surface area (Å²) in [5.74, 6) is 0.123. The molecule has 1 saturated heterocycles. The minimum Gasteiger partial charge on any atom is -0.353 e. The fraction of sp³-hybridized carbons (Fsp3) is 0.737. The van der Waals surface area contributed by atoms with Crippen LogP contribution in [0.15, 0.2) is 16.1 Å². The van der Waals surface area contributed by atoms with Crippen LogP contribution in [0.2, 0.25) is 0 Å². The Labute approximate surface area is 144 Å². The lowest BCUT2D eigenvalue weighted by Gasteiger charge is -2.33. The van der Waals surface area contributed by atoms with Gasteiger partial charge in [0.15, 0.2) is 0 Å². The molecule has 132 valence electrons. The van der Waals surface area contributed by atoms with Crippen LogP contribution in [0, 0.1) is 0 Å². The lowest BCUT2D eigenvalue weighted by atomic mass is 9.86. The van der Waals surface area contributed by atoms with Crippen molar-refractivity contribution in [1.82, 2.24) is 10.2 Å². The second-order valence-corrected chi connectivity index (χ2v) is 7.42. The van der Waals surface area contributed by atoms with Crippen LogP contribution in [-0.2, 0) is 9.59 Å². The molecule has 3 rings (SSSR count). The van der Waals surface area contributed by atoms with Crippen LogP contribution in [0.5, 0.6) is 0 Å². The van der Waals surface area contributed by atoms with Gasteiger partial charge in [0.05, 0.1) is 0 Å². The molecular formula is C19H29N3O2. The minimum atomic E-state index is 0.0127. The van der Waals surface area contributed by atoms with Crippen LogP contribution in [0.1, 0.15) is 65.2 Å². The summed E-state index contributed by atoms with van der Waals surface area (Å²) in [5, 5.41) is 2.97. The van der Waals surface area contributed by atoms with Gasteiger partial charge in [-0.05, 0) is 63.9 Å². The molecule has 0 aromatic rings. The van der Waals surface area contributed by atoms with Crippen molar-refractivity contribution in [2.45, 2.75) is 77.3 Å². The first-order chi connectivity index (χ1) is 11.5. The van der Waals surface area contributed by atoms with E-state index in [1.54, 1.807) is 6.92 Å². The van der Waals surface area contributed by atoms with Crippen LogP contribution in [0.4, 0.5) is 0 Å². The van der Waals surface area contributed by atoms with E-state index in [9.17, 15) is 9.59 Å². The van der Waals surface area contributed by atoms with Gasteiger partial charge in [0.25, 0.3) is 5.91 Å². The number of carbonyl (C=O) groups is 2. The number of hydrogen-bond acceptors (Lipinski definition) is 3. The number of nitrogens with one attached hydrogen (secondary N) is 1. The second kappa shape index (κ2) is 7.49. The van der Waals surface area contributed by atoms with Crippen LogP contribution in [-0.4, -0.2) is 47.6 Å². The maximum Gasteiger partial charge on any atom is 0.272 e. The largest absolute Gasteiger partial charge is 0.353 e. The van der Waals surface area contributed by atoms with Gasteiger partial charge in [-0.15, -0.1) is 0 Å². The molecule has 5 heteroatoms. The van der Waals surface area contributed by atoms with E-state index in [0.29, 0.717) is 13.1 Å². The third-order valence-electron chi connectivity index (χ3n) is 5.47. The lowest BCUT2D eigenvalue weighted by Crippen LogP contribution is -2.48. The van der Waals surface area contributed by atoms with Gasteiger partial charge in [0, 0.05) is 32.1 Å². The molecule has 1 atom stereocenters. The van der Waals surface area contributed by atoms with E-state index < -0.39 is 0 Å². The third kappa shape index (κ3) is 3.87. The van der Waals surface area contributed by atoms with Gasteiger partial charge in [0.2, 0.25) is 5.91 Å². The molecule has 3 aliphatic rings. The SMILES string of the molecule is CC(=O)NC1CCN(C(=O)C2=NC(C)CCC3=C2CCCC3)CC1. The van der Waals surface area contributed by atoms with E-state index in [-0.39, 0.29) is 23.9 Å². The number of likely N-dealkylation sites (tertiary alicyclic amines) is 1. The molecule has 1 unspecified atom stereocenters. The summed E-state index contributed by atoms with van der Waals surface area (Å²) >= 11 is 0. The number of aliphatic imine (C=N–C) groups is 1.